The SMILES string of the molecule is Cn1cnnc1SCC(=O)Nc1ccc(C(=O)N2CC=C(c3ccccc3)CC2)cc1. The van der Waals surface area contributed by atoms with Crippen molar-refractivity contribution in [2.75, 3.05) is 24.2 Å². The standard InChI is InChI=1S/C23H23N5O2S/c1-27-16-24-26-23(27)31-15-21(29)25-20-9-7-19(8-10-20)22(30)28-13-11-18(12-14-28)17-5-3-2-4-6-17/h2-11,16H,12-15H2,1H3,(H,25,29). The molecule has 0 fully saturated rings. The number of hydrogen-bond acceptors (Lipinski definition) is 5. The number of rotatable bonds is 6. The zero-order valence-electron chi connectivity index (χ0n) is 17.2. The lowest BCUT2D eigenvalue weighted by Gasteiger charge is -2.27. The second-order valence-corrected chi connectivity index (χ2v) is 8.18. The van der Waals surface area contributed by atoms with E-state index in [-0.39, 0.29) is 17.6 Å². The quantitative estimate of drug-likeness (QED) is 0.602. The summed E-state index contributed by atoms with van der Waals surface area (Å²) in [6, 6.07) is 17.3. The number of amides is 2. The molecule has 0 saturated carbocycles. The summed E-state index contributed by atoms with van der Waals surface area (Å²) >= 11 is 1.32. The Hall–Kier alpha value is -3.39. The molecule has 0 spiro atoms. The second-order valence-electron chi connectivity index (χ2n) is 7.24. The molecule has 4 rings (SSSR count). The van der Waals surface area contributed by atoms with Crippen molar-refractivity contribution in [3.8, 4) is 0 Å². The van der Waals surface area contributed by atoms with Crippen LogP contribution in [0.15, 0.2) is 72.2 Å². The van der Waals surface area contributed by atoms with Crippen LogP contribution in [0.25, 0.3) is 5.57 Å². The summed E-state index contributed by atoms with van der Waals surface area (Å²) in [5.74, 6) is 0.0950. The molecular weight excluding hydrogens is 410 g/mol. The van der Waals surface area contributed by atoms with Gasteiger partial charge in [0, 0.05) is 31.4 Å². The number of anilines is 1. The van der Waals surface area contributed by atoms with Crippen molar-refractivity contribution in [1.82, 2.24) is 19.7 Å². The van der Waals surface area contributed by atoms with E-state index in [0.717, 1.165) is 6.42 Å². The van der Waals surface area contributed by atoms with Crippen molar-refractivity contribution in [2.24, 2.45) is 7.05 Å². The molecule has 0 bridgehead atoms. The van der Waals surface area contributed by atoms with Crippen LogP contribution >= 0.6 is 11.8 Å². The van der Waals surface area contributed by atoms with E-state index >= 15 is 0 Å². The molecule has 2 aromatic carbocycles. The summed E-state index contributed by atoms with van der Waals surface area (Å²) in [4.78, 5) is 26.8. The van der Waals surface area contributed by atoms with Gasteiger partial charge < -0.3 is 14.8 Å². The molecule has 7 nitrogen and oxygen atoms in total. The third-order valence-corrected chi connectivity index (χ3v) is 6.09. The van der Waals surface area contributed by atoms with Gasteiger partial charge in [-0.25, -0.2) is 0 Å². The van der Waals surface area contributed by atoms with E-state index in [0.29, 0.717) is 29.5 Å². The molecule has 3 aromatic rings. The van der Waals surface area contributed by atoms with E-state index in [1.165, 1.54) is 22.9 Å². The van der Waals surface area contributed by atoms with Crippen LogP contribution < -0.4 is 5.32 Å². The molecule has 158 valence electrons. The fourth-order valence-electron chi connectivity index (χ4n) is 3.38. The molecule has 1 aliphatic rings. The fourth-order valence-corrected chi connectivity index (χ4v) is 4.07. The molecule has 1 aliphatic heterocycles. The zero-order valence-corrected chi connectivity index (χ0v) is 18.0. The number of thioether (sulfide) groups is 1. The Kier molecular flexibility index (Phi) is 6.47. The monoisotopic (exact) mass is 433 g/mol. The van der Waals surface area contributed by atoms with Crippen molar-refractivity contribution in [3.05, 3.63) is 78.1 Å². The van der Waals surface area contributed by atoms with E-state index < -0.39 is 0 Å². The van der Waals surface area contributed by atoms with E-state index in [9.17, 15) is 9.59 Å². The molecular formula is C23H23N5O2S. The van der Waals surface area contributed by atoms with Crippen molar-refractivity contribution in [2.45, 2.75) is 11.6 Å². The summed E-state index contributed by atoms with van der Waals surface area (Å²) in [5.41, 5.74) is 3.77. The number of nitrogens with zero attached hydrogens (tertiary/aromatic N) is 4. The number of carbonyl (C=O) groups is 2. The van der Waals surface area contributed by atoms with Gasteiger partial charge >= 0.3 is 0 Å². The second kappa shape index (κ2) is 9.61. The van der Waals surface area contributed by atoms with Crippen LogP contribution in [0.2, 0.25) is 0 Å². The molecule has 0 aliphatic carbocycles. The van der Waals surface area contributed by atoms with Crippen molar-refractivity contribution in [1.29, 1.82) is 0 Å². The first-order valence-corrected chi connectivity index (χ1v) is 11.0. The Morgan fingerprint density at radius 2 is 1.87 bits per heavy atom. The summed E-state index contributed by atoms with van der Waals surface area (Å²) in [5, 5.41) is 11.3. The first kappa shape index (κ1) is 20.9. The Balaban J connectivity index is 1.30. The Bertz CT molecular complexity index is 1090. The van der Waals surface area contributed by atoms with Gasteiger partial charge in [-0.1, -0.05) is 48.2 Å². The summed E-state index contributed by atoms with van der Waals surface area (Å²) in [6.07, 6.45) is 4.56. The van der Waals surface area contributed by atoms with Gasteiger partial charge in [0.25, 0.3) is 5.91 Å². The van der Waals surface area contributed by atoms with E-state index in [1.807, 2.05) is 30.1 Å². The van der Waals surface area contributed by atoms with Crippen molar-refractivity contribution in [3.63, 3.8) is 0 Å². The maximum Gasteiger partial charge on any atom is 0.254 e. The Labute approximate surface area is 185 Å². The number of hydrogen-bond donors (Lipinski definition) is 1. The average molecular weight is 434 g/mol. The average Bonchev–Trinajstić information content (AvgIpc) is 3.23. The highest BCUT2D eigenvalue weighted by Crippen LogP contribution is 2.23. The van der Waals surface area contributed by atoms with Gasteiger partial charge in [-0.15, -0.1) is 10.2 Å². The number of aromatic nitrogens is 3. The van der Waals surface area contributed by atoms with E-state index in [4.69, 9.17) is 0 Å². The maximum absolute atomic E-state index is 12.8. The largest absolute Gasteiger partial charge is 0.335 e. The van der Waals surface area contributed by atoms with E-state index in [1.54, 1.807) is 35.2 Å². The van der Waals surface area contributed by atoms with Crippen molar-refractivity contribution >= 4 is 34.8 Å². The minimum absolute atomic E-state index is 0.000856. The van der Waals surface area contributed by atoms with Gasteiger partial charge in [0.1, 0.15) is 6.33 Å². The summed E-state index contributed by atoms with van der Waals surface area (Å²) < 4.78 is 1.76. The van der Waals surface area contributed by atoms with Gasteiger partial charge in [-0.3, -0.25) is 9.59 Å². The fraction of sp³-hybridized carbons (Fsp3) is 0.217. The van der Waals surface area contributed by atoms with Crippen LogP contribution in [0, 0.1) is 0 Å². The molecule has 2 amide bonds. The highest BCUT2D eigenvalue weighted by molar-refractivity contribution is 7.99. The predicted octanol–water partition coefficient (Wildman–Crippen LogP) is 3.48. The molecule has 8 heteroatoms. The van der Waals surface area contributed by atoms with Crippen LogP contribution in [0.5, 0.6) is 0 Å². The lowest BCUT2D eigenvalue weighted by Crippen LogP contribution is -2.34. The lowest BCUT2D eigenvalue weighted by atomic mass is 9.99. The predicted molar refractivity (Wildman–Crippen MR) is 122 cm³/mol. The molecule has 0 atom stereocenters. The molecule has 1 aromatic heterocycles. The molecule has 0 radical (unpaired) electrons. The van der Waals surface area contributed by atoms with Crippen LogP contribution in [0.3, 0.4) is 0 Å². The maximum atomic E-state index is 12.8. The third-order valence-electron chi connectivity index (χ3n) is 5.06. The first-order valence-electron chi connectivity index (χ1n) is 10.0. The van der Waals surface area contributed by atoms with Crippen molar-refractivity contribution < 1.29 is 9.59 Å². The minimum Gasteiger partial charge on any atom is -0.335 e. The highest BCUT2D eigenvalue weighted by atomic mass is 32.2. The summed E-state index contributed by atoms with van der Waals surface area (Å²) in [7, 11) is 1.83. The Morgan fingerprint density at radius 3 is 2.52 bits per heavy atom. The normalized spacial score (nSPS) is 13.6. The molecule has 31 heavy (non-hydrogen) atoms. The van der Waals surface area contributed by atoms with Crippen LogP contribution in [0.1, 0.15) is 22.3 Å². The molecule has 2 heterocycles. The number of aryl methyl sites for hydroxylation is 1. The first-order chi connectivity index (χ1) is 15.1. The van der Waals surface area contributed by atoms with Gasteiger partial charge in [0.2, 0.25) is 5.91 Å². The minimum atomic E-state index is -0.137. The van der Waals surface area contributed by atoms with Crippen LogP contribution in [-0.4, -0.2) is 50.3 Å². The molecule has 0 unspecified atom stereocenters. The van der Waals surface area contributed by atoms with Gasteiger partial charge in [-0.05, 0) is 41.8 Å². The summed E-state index contributed by atoms with van der Waals surface area (Å²) in [6.45, 7) is 1.29. The smallest absolute Gasteiger partial charge is 0.254 e. The number of benzene rings is 2. The van der Waals surface area contributed by atoms with E-state index in [2.05, 4.69) is 33.7 Å². The molecule has 0 saturated heterocycles. The molecule has 1 N–H and O–H groups in total. The zero-order chi connectivity index (χ0) is 21.6. The third kappa shape index (κ3) is 5.21. The lowest BCUT2D eigenvalue weighted by molar-refractivity contribution is -0.113. The van der Waals surface area contributed by atoms with Crippen LogP contribution in [-0.2, 0) is 11.8 Å². The van der Waals surface area contributed by atoms with Gasteiger partial charge in [-0.2, -0.15) is 0 Å². The number of carbonyl (C=O) groups excluding carboxylic acids is 2. The van der Waals surface area contributed by atoms with Gasteiger partial charge in [0.05, 0.1) is 5.75 Å². The number of nitrogens with one attached hydrogen (secondary N) is 1. The van der Waals surface area contributed by atoms with Crippen LogP contribution in [0.4, 0.5) is 5.69 Å². The topological polar surface area (TPSA) is 80.1 Å². The Morgan fingerprint density at radius 1 is 1.10 bits per heavy atom. The van der Waals surface area contributed by atoms with Gasteiger partial charge in [0.15, 0.2) is 5.16 Å². The highest BCUT2D eigenvalue weighted by Gasteiger charge is 2.19.